The molecule has 1 saturated heterocycles. The number of aromatic nitrogens is 2. The zero-order valence-electron chi connectivity index (χ0n) is 18.1. The third kappa shape index (κ3) is 5.54. The van der Waals surface area contributed by atoms with E-state index in [0.717, 1.165) is 35.6 Å². The monoisotopic (exact) mass is 488 g/mol. The molecule has 1 aliphatic rings. The number of nitrogens with zero attached hydrogens (tertiary/aromatic N) is 4. The van der Waals surface area contributed by atoms with E-state index < -0.39 is 5.82 Å². The summed E-state index contributed by atoms with van der Waals surface area (Å²) in [5.41, 5.74) is 3.14. The predicted molar refractivity (Wildman–Crippen MR) is 128 cm³/mol. The molecule has 0 N–H and O–H groups in total. The molecule has 1 aromatic heterocycles. The van der Waals surface area contributed by atoms with Gasteiger partial charge >= 0.3 is 0 Å². The lowest BCUT2D eigenvalue weighted by Gasteiger charge is -2.35. The minimum absolute atomic E-state index is 0.0287. The fourth-order valence-corrected chi connectivity index (χ4v) is 4.21. The Morgan fingerprint density at radius 3 is 2.24 bits per heavy atom. The van der Waals surface area contributed by atoms with Crippen LogP contribution in [0, 0.1) is 5.82 Å². The maximum absolute atomic E-state index is 13.3. The number of anilines is 1. The maximum Gasteiger partial charge on any atom is 0.260 e. The van der Waals surface area contributed by atoms with Crippen LogP contribution >= 0.6 is 23.2 Å². The molecule has 0 spiro atoms. The van der Waals surface area contributed by atoms with Gasteiger partial charge < -0.3 is 14.5 Å². The van der Waals surface area contributed by atoms with Crippen LogP contribution in [0.3, 0.4) is 0 Å². The van der Waals surface area contributed by atoms with E-state index in [4.69, 9.17) is 27.9 Å². The van der Waals surface area contributed by atoms with Gasteiger partial charge in [-0.3, -0.25) is 4.79 Å². The Balaban J connectivity index is 1.30. The van der Waals surface area contributed by atoms with Crippen LogP contribution in [-0.2, 0) is 11.2 Å². The summed E-state index contributed by atoms with van der Waals surface area (Å²) >= 11 is 11.9. The van der Waals surface area contributed by atoms with Crippen molar-refractivity contribution in [3.8, 4) is 17.0 Å². The molecular weight excluding hydrogens is 466 g/mol. The average molecular weight is 489 g/mol. The van der Waals surface area contributed by atoms with Crippen LogP contribution < -0.4 is 9.64 Å². The summed E-state index contributed by atoms with van der Waals surface area (Å²) in [4.78, 5) is 16.3. The SMILES string of the molecule is CCc1ccc(-c2ccc(N3CCN(C(=O)COc4c(Cl)cc(F)cc4Cl)CC3)nn2)cc1. The van der Waals surface area contributed by atoms with E-state index in [1.54, 1.807) is 4.90 Å². The van der Waals surface area contributed by atoms with Crippen molar-refractivity contribution in [2.45, 2.75) is 13.3 Å². The first-order valence-corrected chi connectivity index (χ1v) is 11.4. The van der Waals surface area contributed by atoms with Crippen LogP contribution in [0.1, 0.15) is 12.5 Å². The number of halogens is 3. The van der Waals surface area contributed by atoms with E-state index in [9.17, 15) is 9.18 Å². The third-order valence-corrected chi connectivity index (χ3v) is 6.13. The van der Waals surface area contributed by atoms with Gasteiger partial charge in [-0.1, -0.05) is 54.4 Å². The van der Waals surface area contributed by atoms with Gasteiger partial charge in [0.05, 0.1) is 15.7 Å². The first kappa shape index (κ1) is 23.3. The molecule has 0 bridgehead atoms. The Kier molecular flexibility index (Phi) is 7.30. The van der Waals surface area contributed by atoms with Gasteiger partial charge in [0.2, 0.25) is 0 Å². The number of rotatable bonds is 6. The van der Waals surface area contributed by atoms with E-state index in [1.165, 1.54) is 5.56 Å². The summed E-state index contributed by atoms with van der Waals surface area (Å²) in [6.45, 7) is 4.20. The normalized spacial score (nSPS) is 13.8. The number of amides is 1. The molecule has 2 aromatic carbocycles. The van der Waals surface area contributed by atoms with Crippen molar-refractivity contribution < 1.29 is 13.9 Å². The number of hydrogen-bond donors (Lipinski definition) is 0. The van der Waals surface area contributed by atoms with Gasteiger partial charge in [-0.15, -0.1) is 10.2 Å². The highest BCUT2D eigenvalue weighted by Gasteiger charge is 2.23. The molecule has 3 aromatic rings. The number of ether oxygens (including phenoxy) is 1. The highest BCUT2D eigenvalue weighted by Crippen LogP contribution is 2.33. The quantitative estimate of drug-likeness (QED) is 0.494. The van der Waals surface area contributed by atoms with Gasteiger partial charge in [-0.05, 0) is 36.2 Å². The number of carbonyl (C=O) groups excluding carboxylic acids is 1. The van der Waals surface area contributed by atoms with Gasteiger partial charge in [0.15, 0.2) is 18.2 Å². The molecule has 0 aliphatic carbocycles. The Morgan fingerprint density at radius 2 is 1.67 bits per heavy atom. The second-order valence-electron chi connectivity index (χ2n) is 7.68. The first-order chi connectivity index (χ1) is 15.9. The highest BCUT2D eigenvalue weighted by molar-refractivity contribution is 6.37. The van der Waals surface area contributed by atoms with Gasteiger partial charge in [0.25, 0.3) is 5.91 Å². The highest BCUT2D eigenvalue weighted by atomic mass is 35.5. The minimum Gasteiger partial charge on any atom is -0.481 e. The van der Waals surface area contributed by atoms with Crippen LogP contribution in [0.25, 0.3) is 11.3 Å². The van der Waals surface area contributed by atoms with E-state index in [2.05, 4.69) is 46.3 Å². The lowest BCUT2D eigenvalue weighted by Crippen LogP contribution is -2.50. The topological polar surface area (TPSA) is 58.6 Å². The summed E-state index contributed by atoms with van der Waals surface area (Å²) in [6, 6.07) is 14.4. The van der Waals surface area contributed by atoms with Gasteiger partial charge in [-0.2, -0.15) is 0 Å². The molecule has 4 rings (SSSR count). The van der Waals surface area contributed by atoms with E-state index in [0.29, 0.717) is 26.2 Å². The molecule has 0 unspecified atom stereocenters. The Morgan fingerprint density at radius 1 is 1.00 bits per heavy atom. The molecule has 1 fully saturated rings. The Bertz CT molecular complexity index is 1100. The van der Waals surface area contributed by atoms with Crippen LogP contribution in [0.15, 0.2) is 48.5 Å². The zero-order chi connectivity index (χ0) is 23.4. The minimum atomic E-state index is -0.565. The van der Waals surface area contributed by atoms with Crippen molar-refractivity contribution in [2.75, 3.05) is 37.7 Å². The average Bonchev–Trinajstić information content (AvgIpc) is 2.83. The second kappa shape index (κ2) is 10.4. The van der Waals surface area contributed by atoms with Gasteiger partial charge in [0, 0.05) is 31.7 Å². The maximum atomic E-state index is 13.3. The second-order valence-corrected chi connectivity index (χ2v) is 8.50. The summed E-state index contributed by atoms with van der Waals surface area (Å²) in [5.74, 6) is 0.122. The fraction of sp³-hybridized carbons (Fsp3) is 0.292. The molecule has 0 radical (unpaired) electrons. The first-order valence-electron chi connectivity index (χ1n) is 10.7. The largest absolute Gasteiger partial charge is 0.481 e. The van der Waals surface area contributed by atoms with Crippen molar-refractivity contribution in [3.63, 3.8) is 0 Å². The summed E-state index contributed by atoms with van der Waals surface area (Å²) in [7, 11) is 0. The van der Waals surface area contributed by atoms with Crippen LogP contribution in [0.2, 0.25) is 10.0 Å². The molecule has 2 heterocycles. The predicted octanol–water partition coefficient (Wildman–Crippen LogP) is 4.88. The molecule has 0 atom stereocenters. The fourth-order valence-electron chi connectivity index (χ4n) is 3.64. The number of piperazine rings is 1. The van der Waals surface area contributed by atoms with Crippen LogP contribution in [-0.4, -0.2) is 53.8 Å². The van der Waals surface area contributed by atoms with E-state index in [1.807, 2.05) is 12.1 Å². The molecule has 172 valence electrons. The van der Waals surface area contributed by atoms with Crippen LogP contribution in [0.5, 0.6) is 5.75 Å². The molecular formula is C24H23Cl2FN4O2. The van der Waals surface area contributed by atoms with Crippen molar-refractivity contribution in [1.82, 2.24) is 15.1 Å². The molecule has 6 nitrogen and oxygen atoms in total. The van der Waals surface area contributed by atoms with Crippen LogP contribution in [0.4, 0.5) is 10.2 Å². The number of carbonyl (C=O) groups is 1. The number of hydrogen-bond acceptors (Lipinski definition) is 5. The lowest BCUT2D eigenvalue weighted by molar-refractivity contribution is -0.133. The lowest BCUT2D eigenvalue weighted by atomic mass is 10.1. The van der Waals surface area contributed by atoms with Crippen molar-refractivity contribution in [3.05, 3.63) is 70.0 Å². The van der Waals surface area contributed by atoms with Gasteiger partial charge in [-0.25, -0.2) is 4.39 Å². The molecule has 0 saturated carbocycles. The van der Waals surface area contributed by atoms with Crippen molar-refractivity contribution >= 4 is 34.9 Å². The van der Waals surface area contributed by atoms with E-state index >= 15 is 0 Å². The van der Waals surface area contributed by atoms with Crippen molar-refractivity contribution in [1.29, 1.82) is 0 Å². The summed E-state index contributed by atoms with van der Waals surface area (Å²) in [6.07, 6.45) is 0.999. The Hall–Kier alpha value is -2.90. The Labute approximate surface area is 201 Å². The van der Waals surface area contributed by atoms with Gasteiger partial charge in [0.1, 0.15) is 5.82 Å². The zero-order valence-corrected chi connectivity index (χ0v) is 19.6. The molecule has 9 heteroatoms. The summed E-state index contributed by atoms with van der Waals surface area (Å²) in [5, 5.41) is 8.81. The van der Waals surface area contributed by atoms with Crippen molar-refractivity contribution in [2.24, 2.45) is 0 Å². The smallest absolute Gasteiger partial charge is 0.260 e. The van der Waals surface area contributed by atoms with E-state index in [-0.39, 0.29) is 28.3 Å². The molecule has 1 aliphatic heterocycles. The summed E-state index contributed by atoms with van der Waals surface area (Å²) < 4.78 is 18.8. The molecule has 33 heavy (non-hydrogen) atoms. The molecule has 1 amide bonds. The third-order valence-electron chi connectivity index (χ3n) is 5.57. The standard InChI is InChI=1S/C24H23Cl2FN4O2/c1-2-16-3-5-17(6-4-16)21-7-8-22(29-28-21)30-9-11-31(12-10-30)23(32)15-33-24-19(25)13-18(27)14-20(24)26/h3-8,13-14H,2,9-12,15H2,1H3. The number of aryl methyl sites for hydroxylation is 1. The number of benzene rings is 2.